The smallest absolute Gasteiger partial charge is 0.142 e. The van der Waals surface area contributed by atoms with Crippen molar-refractivity contribution >= 4 is 5.69 Å². The Morgan fingerprint density at radius 1 is 1.10 bits per heavy atom. The summed E-state index contributed by atoms with van der Waals surface area (Å²) in [6, 6.07) is 15.4. The quantitative estimate of drug-likeness (QED) is 0.242. The number of methoxy groups -OCH3 is 2. The number of aromatic nitrogens is 3. The summed E-state index contributed by atoms with van der Waals surface area (Å²) in [4.78, 5) is 6.59. The predicted octanol–water partition coefficient (Wildman–Crippen LogP) is 6.03. The minimum absolute atomic E-state index is 0.168. The molecule has 1 aliphatic carbocycles. The number of ether oxygens (including phenoxy) is 4. The first-order chi connectivity index (χ1) is 19.7. The van der Waals surface area contributed by atoms with E-state index in [0.717, 1.165) is 82.0 Å². The van der Waals surface area contributed by atoms with E-state index in [-0.39, 0.29) is 6.10 Å². The molecule has 0 unspecified atom stereocenters. The molecule has 1 aromatic heterocycles. The molecule has 2 aromatic carbocycles. The highest BCUT2D eigenvalue weighted by molar-refractivity contribution is 5.61. The van der Waals surface area contributed by atoms with Gasteiger partial charge in [-0.1, -0.05) is 25.1 Å². The van der Waals surface area contributed by atoms with Crippen LogP contribution in [0.25, 0.3) is 0 Å². The zero-order valence-electron chi connectivity index (χ0n) is 24.2. The molecule has 3 aromatic rings. The van der Waals surface area contributed by atoms with Gasteiger partial charge in [-0.05, 0) is 79.8 Å². The molecule has 1 fully saturated rings. The molecule has 0 spiro atoms. The van der Waals surface area contributed by atoms with Crippen LogP contribution >= 0.6 is 0 Å². The second-order valence-corrected chi connectivity index (χ2v) is 11.1. The zero-order valence-corrected chi connectivity index (χ0v) is 24.2. The topological polar surface area (TPSA) is 70.9 Å². The molecule has 2 aliphatic rings. The molecular formula is C32H44N4O4. The number of hydrogen-bond donors (Lipinski definition) is 0. The fourth-order valence-corrected chi connectivity index (χ4v) is 6.34. The monoisotopic (exact) mass is 548 g/mol. The Labute approximate surface area is 238 Å². The first-order valence-electron chi connectivity index (χ1n) is 14.8. The Balaban J connectivity index is 1.28. The van der Waals surface area contributed by atoms with Gasteiger partial charge in [0.05, 0.1) is 38.1 Å². The maximum Gasteiger partial charge on any atom is 0.142 e. The van der Waals surface area contributed by atoms with Gasteiger partial charge in [0.15, 0.2) is 0 Å². The van der Waals surface area contributed by atoms with Crippen molar-refractivity contribution in [2.45, 2.75) is 70.1 Å². The van der Waals surface area contributed by atoms with Gasteiger partial charge in [0.2, 0.25) is 0 Å². The molecule has 8 heteroatoms. The highest BCUT2D eigenvalue weighted by atomic mass is 16.5. The highest BCUT2D eigenvalue weighted by Gasteiger charge is 2.34. The SMILES string of the molecule is CC[C@H](C[C@@H]1CC[C@H](OCc2ccc3c(c2)N(CCCOC)CCO3)[C@@H](c2ccc(OC)cc2)C1)n1cncn1. The summed E-state index contributed by atoms with van der Waals surface area (Å²) in [5.74, 6) is 2.80. The van der Waals surface area contributed by atoms with Gasteiger partial charge in [0.1, 0.15) is 30.8 Å². The number of anilines is 1. The van der Waals surface area contributed by atoms with Crippen molar-refractivity contribution in [3.05, 3.63) is 66.2 Å². The minimum Gasteiger partial charge on any atom is -0.497 e. The van der Waals surface area contributed by atoms with Gasteiger partial charge in [0.25, 0.3) is 0 Å². The lowest BCUT2D eigenvalue weighted by Crippen LogP contribution is -2.34. The molecule has 0 amide bonds. The molecule has 4 atom stereocenters. The Hall–Kier alpha value is -3.10. The average molecular weight is 549 g/mol. The lowest BCUT2D eigenvalue weighted by atomic mass is 9.74. The third-order valence-electron chi connectivity index (χ3n) is 8.55. The van der Waals surface area contributed by atoms with Crippen LogP contribution in [0.4, 0.5) is 5.69 Å². The number of nitrogens with zero attached hydrogens (tertiary/aromatic N) is 4. The van der Waals surface area contributed by atoms with Crippen LogP contribution in [-0.4, -0.2) is 61.4 Å². The second-order valence-electron chi connectivity index (χ2n) is 11.1. The van der Waals surface area contributed by atoms with Gasteiger partial charge in [-0.15, -0.1) is 0 Å². The van der Waals surface area contributed by atoms with Crippen molar-refractivity contribution < 1.29 is 18.9 Å². The average Bonchev–Trinajstić information content (AvgIpc) is 3.54. The van der Waals surface area contributed by atoms with Crippen LogP contribution in [0.3, 0.4) is 0 Å². The van der Waals surface area contributed by atoms with Crippen LogP contribution in [0, 0.1) is 5.92 Å². The summed E-state index contributed by atoms with van der Waals surface area (Å²) in [6.07, 6.45) is 10.1. The fourth-order valence-electron chi connectivity index (χ4n) is 6.34. The summed E-state index contributed by atoms with van der Waals surface area (Å²) in [5.41, 5.74) is 3.68. The van der Waals surface area contributed by atoms with E-state index in [1.54, 1.807) is 20.5 Å². The molecule has 40 heavy (non-hydrogen) atoms. The van der Waals surface area contributed by atoms with E-state index in [1.807, 2.05) is 11.0 Å². The third kappa shape index (κ3) is 6.96. The van der Waals surface area contributed by atoms with Crippen LogP contribution in [0.2, 0.25) is 0 Å². The van der Waals surface area contributed by atoms with Crippen LogP contribution in [0.15, 0.2) is 55.1 Å². The van der Waals surface area contributed by atoms with Crippen LogP contribution in [0.1, 0.15) is 68.5 Å². The van der Waals surface area contributed by atoms with E-state index in [4.69, 9.17) is 18.9 Å². The second kappa shape index (κ2) is 14.0. The van der Waals surface area contributed by atoms with E-state index >= 15 is 0 Å². The molecule has 0 N–H and O–H groups in total. The first kappa shape index (κ1) is 28.4. The minimum atomic E-state index is 0.168. The van der Waals surface area contributed by atoms with Gasteiger partial charge < -0.3 is 23.8 Å². The molecule has 2 heterocycles. The van der Waals surface area contributed by atoms with E-state index < -0.39 is 0 Å². The van der Waals surface area contributed by atoms with Crippen molar-refractivity contribution in [1.82, 2.24) is 14.8 Å². The van der Waals surface area contributed by atoms with Gasteiger partial charge in [-0.3, -0.25) is 0 Å². The Morgan fingerprint density at radius 2 is 1.98 bits per heavy atom. The summed E-state index contributed by atoms with van der Waals surface area (Å²) < 4.78 is 25.4. The molecule has 8 nitrogen and oxygen atoms in total. The molecular weight excluding hydrogens is 504 g/mol. The van der Waals surface area contributed by atoms with Gasteiger partial charge in [0, 0.05) is 26.2 Å². The largest absolute Gasteiger partial charge is 0.497 e. The van der Waals surface area contributed by atoms with Crippen molar-refractivity contribution in [3.8, 4) is 11.5 Å². The Bertz CT molecular complexity index is 1170. The van der Waals surface area contributed by atoms with Gasteiger partial charge in [-0.25, -0.2) is 9.67 Å². The number of benzene rings is 2. The zero-order chi connectivity index (χ0) is 27.7. The lowest BCUT2D eigenvalue weighted by molar-refractivity contribution is -0.0109. The van der Waals surface area contributed by atoms with E-state index in [9.17, 15) is 0 Å². The predicted molar refractivity (Wildman–Crippen MR) is 156 cm³/mol. The molecule has 0 bridgehead atoms. The Kier molecular flexibility index (Phi) is 9.95. The summed E-state index contributed by atoms with van der Waals surface area (Å²) in [6.45, 7) is 6.19. The van der Waals surface area contributed by atoms with E-state index in [0.29, 0.717) is 24.5 Å². The molecule has 0 saturated heterocycles. The fraction of sp³-hybridized carbons (Fsp3) is 0.562. The van der Waals surface area contributed by atoms with Crippen LogP contribution in [0.5, 0.6) is 11.5 Å². The van der Waals surface area contributed by atoms with Crippen molar-refractivity contribution in [1.29, 1.82) is 0 Å². The van der Waals surface area contributed by atoms with E-state index in [2.05, 4.69) is 64.4 Å². The number of rotatable bonds is 13. The van der Waals surface area contributed by atoms with Crippen LogP contribution in [-0.2, 0) is 16.1 Å². The highest BCUT2D eigenvalue weighted by Crippen LogP contribution is 2.42. The molecule has 5 rings (SSSR count). The van der Waals surface area contributed by atoms with Crippen molar-refractivity contribution in [2.24, 2.45) is 5.92 Å². The van der Waals surface area contributed by atoms with Gasteiger partial charge >= 0.3 is 0 Å². The lowest BCUT2D eigenvalue weighted by Gasteiger charge is -2.38. The number of hydrogen-bond acceptors (Lipinski definition) is 7. The third-order valence-corrected chi connectivity index (χ3v) is 8.55. The molecule has 1 aliphatic heterocycles. The maximum absolute atomic E-state index is 6.73. The van der Waals surface area contributed by atoms with Gasteiger partial charge in [-0.2, -0.15) is 5.10 Å². The van der Waals surface area contributed by atoms with Crippen LogP contribution < -0.4 is 14.4 Å². The van der Waals surface area contributed by atoms with Crippen molar-refractivity contribution in [3.63, 3.8) is 0 Å². The molecule has 216 valence electrons. The first-order valence-corrected chi connectivity index (χ1v) is 14.8. The van der Waals surface area contributed by atoms with E-state index in [1.165, 1.54) is 11.1 Å². The Morgan fingerprint density at radius 3 is 2.73 bits per heavy atom. The molecule has 1 saturated carbocycles. The number of fused-ring (bicyclic) bond motifs is 1. The summed E-state index contributed by atoms with van der Waals surface area (Å²) in [7, 11) is 3.48. The van der Waals surface area contributed by atoms with Crippen molar-refractivity contribution in [2.75, 3.05) is 45.4 Å². The summed E-state index contributed by atoms with van der Waals surface area (Å²) in [5, 5.41) is 4.43. The normalized spacial score (nSPS) is 21.5. The maximum atomic E-state index is 6.73. The summed E-state index contributed by atoms with van der Waals surface area (Å²) >= 11 is 0. The molecule has 0 radical (unpaired) electrons. The standard InChI is InChI=1S/C32H44N4O4/c1-4-27(36-23-33-22-34-36)18-24-6-12-31(29(19-24)26-8-10-28(38-3)11-9-26)40-21-25-7-13-32-30(20-25)35(15-17-39-32)14-5-16-37-2/h7-11,13,20,22-24,27,29,31H,4-6,12,14-19,21H2,1-3H3/t24-,27+,29+,31-/m0/s1.